The highest BCUT2D eigenvalue weighted by Crippen LogP contribution is 2.34. The van der Waals surface area contributed by atoms with Gasteiger partial charge in [-0.25, -0.2) is 0 Å². The van der Waals surface area contributed by atoms with Gasteiger partial charge in [0.25, 0.3) is 0 Å². The first-order chi connectivity index (χ1) is 7.15. The van der Waals surface area contributed by atoms with E-state index >= 15 is 0 Å². The highest BCUT2D eigenvalue weighted by atomic mass is 32.2. The van der Waals surface area contributed by atoms with E-state index in [0.29, 0.717) is 0 Å². The largest absolute Gasteiger partial charge is 0.481 e. The van der Waals surface area contributed by atoms with Crippen LogP contribution in [0.2, 0.25) is 0 Å². The Morgan fingerprint density at radius 1 is 1.67 bits per heavy atom. The van der Waals surface area contributed by atoms with Gasteiger partial charge in [0.05, 0.1) is 6.42 Å². The number of carbonyl (C=O) groups is 1. The van der Waals surface area contributed by atoms with Crippen LogP contribution in [0, 0.1) is 6.92 Å². The van der Waals surface area contributed by atoms with Gasteiger partial charge in [-0.1, -0.05) is 6.07 Å². The Kier molecular flexibility index (Phi) is 2.86. The van der Waals surface area contributed by atoms with Crippen LogP contribution in [0.3, 0.4) is 0 Å². The molecule has 2 N–H and O–H groups in total. The molecule has 0 aliphatic carbocycles. The van der Waals surface area contributed by atoms with Crippen LogP contribution in [0.25, 0.3) is 0 Å². The minimum atomic E-state index is -0.746. The molecule has 0 saturated heterocycles. The fraction of sp³-hybridized carbons (Fsp3) is 0.364. The molecule has 15 heavy (non-hydrogen) atoms. The van der Waals surface area contributed by atoms with E-state index in [1.807, 2.05) is 6.92 Å². The van der Waals surface area contributed by atoms with Crippen molar-refractivity contribution in [3.8, 4) is 0 Å². The van der Waals surface area contributed by atoms with Crippen molar-refractivity contribution in [1.29, 1.82) is 0 Å². The summed E-state index contributed by atoms with van der Waals surface area (Å²) in [7, 11) is 0. The zero-order chi connectivity index (χ0) is 10.8. The van der Waals surface area contributed by atoms with E-state index in [0.717, 1.165) is 11.4 Å². The third-order valence-corrected chi connectivity index (χ3v) is 3.59. The number of fused-ring (bicyclic) bond motifs is 1. The van der Waals surface area contributed by atoms with Gasteiger partial charge in [0.2, 0.25) is 0 Å². The van der Waals surface area contributed by atoms with Crippen LogP contribution in [-0.4, -0.2) is 22.9 Å². The second-order valence-corrected chi connectivity index (χ2v) is 4.81. The van der Waals surface area contributed by atoms with Gasteiger partial charge in [-0.3, -0.25) is 4.79 Å². The van der Waals surface area contributed by atoms with Gasteiger partial charge in [-0.15, -0.1) is 11.8 Å². The molecule has 1 atom stereocenters. The highest BCUT2D eigenvalue weighted by molar-refractivity contribution is 7.99. The van der Waals surface area contributed by atoms with E-state index in [1.165, 1.54) is 10.5 Å². The van der Waals surface area contributed by atoms with Crippen molar-refractivity contribution in [3.05, 3.63) is 23.8 Å². The summed E-state index contributed by atoms with van der Waals surface area (Å²) in [6.45, 7) is 2.04. The molecule has 0 amide bonds. The van der Waals surface area contributed by atoms with E-state index in [1.54, 1.807) is 11.8 Å². The third-order valence-electron chi connectivity index (χ3n) is 2.36. The first kappa shape index (κ1) is 10.4. The normalized spacial score (nSPS) is 19.1. The number of hydrogen-bond donors (Lipinski definition) is 2. The Hall–Kier alpha value is -1.16. The Morgan fingerprint density at radius 3 is 3.20 bits per heavy atom. The fourth-order valence-electron chi connectivity index (χ4n) is 1.66. The molecule has 0 aromatic heterocycles. The molecule has 0 bridgehead atoms. The fourth-order valence-corrected chi connectivity index (χ4v) is 2.67. The number of aliphatic carboxylic acids is 1. The van der Waals surface area contributed by atoms with E-state index in [-0.39, 0.29) is 12.5 Å². The number of thioether (sulfide) groups is 1. The molecular formula is C11H13NO2S. The maximum Gasteiger partial charge on any atom is 0.305 e. The van der Waals surface area contributed by atoms with Gasteiger partial charge >= 0.3 is 5.97 Å². The monoisotopic (exact) mass is 223 g/mol. The Bertz CT molecular complexity index is 392. The van der Waals surface area contributed by atoms with Crippen molar-refractivity contribution in [2.75, 3.05) is 11.1 Å². The number of anilines is 1. The van der Waals surface area contributed by atoms with E-state index in [2.05, 4.69) is 23.5 Å². The number of benzene rings is 1. The lowest BCUT2D eigenvalue weighted by Gasteiger charge is -2.25. The first-order valence-electron chi connectivity index (χ1n) is 4.87. The summed E-state index contributed by atoms with van der Waals surface area (Å²) in [6, 6.07) is 6.27. The summed E-state index contributed by atoms with van der Waals surface area (Å²) >= 11 is 1.72. The van der Waals surface area contributed by atoms with Crippen LogP contribution in [0.4, 0.5) is 5.69 Å². The molecule has 4 heteroatoms. The van der Waals surface area contributed by atoms with E-state index in [9.17, 15) is 4.79 Å². The molecular weight excluding hydrogens is 210 g/mol. The zero-order valence-electron chi connectivity index (χ0n) is 8.49. The summed E-state index contributed by atoms with van der Waals surface area (Å²) in [5.74, 6) is 0.0757. The minimum absolute atomic E-state index is 0.0433. The van der Waals surface area contributed by atoms with Crippen molar-refractivity contribution in [1.82, 2.24) is 0 Å². The summed E-state index contributed by atoms with van der Waals surface area (Å²) in [4.78, 5) is 11.8. The van der Waals surface area contributed by atoms with Crippen molar-refractivity contribution >= 4 is 23.4 Å². The van der Waals surface area contributed by atoms with Crippen molar-refractivity contribution in [2.45, 2.75) is 24.3 Å². The predicted molar refractivity (Wildman–Crippen MR) is 61.6 cm³/mol. The van der Waals surface area contributed by atoms with Crippen LogP contribution in [0.1, 0.15) is 12.0 Å². The van der Waals surface area contributed by atoms with Gasteiger partial charge < -0.3 is 10.4 Å². The lowest BCUT2D eigenvalue weighted by molar-refractivity contribution is -0.137. The molecule has 1 unspecified atom stereocenters. The molecule has 1 heterocycles. The predicted octanol–water partition coefficient (Wildman–Crippen LogP) is 2.36. The van der Waals surface area contributed by atoms with Crippen molar-refractivity contribution in [2.24, 2.45) is 0 Å². The van der Waals surface area contributed by atoms with Crippen LogP contribution in [0.5, 0.6) is 0 Å². The Balaban J connectivity index is 2.14. The number of carboxylic acids is 1. The molecule has 1 aromatic rings. The van der Waals surface area contributed by atoms with Gasteiger partial charge in [0, 0.05) is 22.4 Å². The molecule has 1 aliphatic rings. The molecule has 0 fully saturated rings. The molecule has 0 spiro atoms. The second-order valence-electron chi connectivity index (χ2n) is 3.75. The SMILES string of the molecule is Cc1ccc2c(c1)NC(CC(=O)O)CS2. The standard InChI is InChI=1S/C11H13NO2S/c1-7-2-3-10-9(4-7)12-8(6-15-10)5-11(13)14/h2-4,8,12H,5-6H2,1H3,(H,13,14). The Labute approximate surface area is 92.9 Å². The van der Waals surface area contributed by atoms with Gasteiger partial charge in [-0.2, -0.15) is 0 Å². The molecule has 1 aromatic carbocycles. The molecule has 80 valence electrons. The summed E-state index contributed by atoms with van der Waals surface area (Å²) in [5.41, 5.74) is 2.26. The number of carboxylic acid groups (broad SMARTS) is 1. The van der Waals surface area contributed by atoms with Crippen LogP contribution in [0.15, 0.2) is 23.1 Å². The minimum Gasteiger partial charge on any atom is -0.481 e. The maximum absolute atomic E-state index is 10.6. The molecule has 0 saturated carbocycles. The molecule has 0 radical (unpaired) electrons. The van der Waals surface area contributed by atoms with Gasteiger partial charge in [-0.05, 0) is 24.6 Å². The van der Waals surface area contributed by atoms with E-state index < -0.39 is 5.97 Å². The molecule has 2 rings (SSSR count). The van der Waals surface area contributed by atoms with E-state index in [4.69, 9.17) is 5.11 Å². The lowest BCUT2D eigenvalue weighted by Crippen LogP contribution is -2.28. The first-order valence-corrected chi connectivity index (χ1v) is 5.85. The van der Waals surface area contributed by atoms with Crippen LogP contribution >= 0.6 is 11.8 Å². The quantitative estimate of drug-likeness (QED) is 0.808. The zero-order valence-corrected chi connectivity index (χ0v) is 9.30. The van der Waals surface area contributed by atoms with Crippen molar-refractivity contribution in [3.63, 3.8) is 0 Å². The maximum atomic E-state index is 10.6. The average molecular weight is 223 g/mol. The Morgan fingerprint density at radius 2 is 2.47 bits per heavy atom. The number of rotatable bonds is 2. The van der Waals surface area contributed by atoms with Gasteiger partial charge in [0.15, 0.2) is 0 Å². The highest BCUT2D eigenvalue weighted by Gasteiger charge is 2.20. The smallest absolute Gasteiger partial charge is 0.305 e. The number of hydrogen-bond acceptors (Lipinski definition) is 3. The summed E-state index contributed by atoms with van der Waals surface area (Å²) < 4.78 is 0. The molecule has 3 nitrogen and oxygen atoms in total. The number of aryl methyl sites for hydroxylation is 1. The second kappa shape index (κ2) is 4.14. The third kappa shape index (κ3) is 2.45. The summed E-state index contributed by atoms with van der Waals surface area (Å²) in [6.07, 6.45) is 0.181. The van der Waals surface area contributed by atoms with Crippen LogP contribution in [-0.2, 0) is 4.79 Å². The number of nitrogens with one attached hydrogen (secondary N) is 1. The molecule has 1 aliphatic heterocycles. The summed E-state index contributed by atoms with van der Waals surface area (Å²) in [5, 5.41) is 12.0. The average Bonchev–Trinajstić information content (AvgIpc) is 2.16. The van der Waals surface area contributed by atoms with Gasteiger partial charge in [0.1, 0.15) is 0 Å². The van der Waals surface area contributed by atoms with Crippen molar-refractivity contribution < 1.29 is 9.90 Å². The lowest BCUT2D eigenvalue weighted by atomic mass is 10.1. The topological polar surface area (TPSA) is 49.3 Å². The van der Waals surface area contributed by atoms with Crippen LogP contribution < -0.4 is 5.32 Å².